The summed E-state index contributed by atoms with van der Waals surface area (Å²) in [5.74, 6) is -0.0722. The highest BCUT2D eigenvalue weighted by molar-refractivity contribution is 6.04. The van der Waals surface area contributed by atoms with Gasteiger partial charge in [0, 0.05) is 12.8 Å². The molecule has 0 saturated carbocycles. The molecular formula is C25H26N4O5. The number of aryl methyl sites for hydroxylation is 2. The van der Waals surface area contributed by atoms with Crippen LogP contribution in [0.5, 0.6) is 11.6 Å². The Morgan fingerprint density at radius 2 is 1.79 bits per heavy atom. The zero-order chi connectivity index (χ0) is 24.6. The van der Waals surface area contributed by atoms with Crippen molar-refractivity contribution in [3.8, 4) is 17.3 Å². The summed E-state index contributed by atoms with van der Waals surface area (Å²) in [6, 6.07) is 12.2. The van der Waals surface area contributed by atoms with Crippen molar-refractivity contribution < 1.29 is 14.6 Å². The van der Waals surface area contributed by atoms with Crippen LogP contribution < -0.4 is 16.0 Å². The Bertz CT molecular complexity index is 1380. The smallest absolute Gasteiger partial charge is 0.335 e. The summed E-state index contributed by atoms with van der Waals surface area (Å²) in [7, 11) is 1.57. The van der Waals surface area contributed by atoms with Crippen LogP contribution >= 0.6 is 0 Å². The minimum atomic E-state index is -0.763. The van der Waals surface area contributed by atoms with Crippen molar-refractivity contribution in [1.29, 1.82) is 0 Å². The zero-order valence-corrected chi connectivity index (χ0v) is 19.5. The van der Waals surface area contributed by atoms with Crippen LogP contribution in [-0.4, -0.2) is 38.4 Å². The molecule has 0 aliphatic carbocycles. The highest BCUT2D eigenvalue weighted by Crippen LogP contribution is 2.35. The molecule has 34 heavy (non-hydrogen) atoms. The predicted octanol–water partition coefficient (Wildman–Crippen LogP) is 2.94. The van der Waals surface area contributed by atoms with Crippen LogP contribution in [0, 0.1) is 13.8 Å². The van der Waals surface area contributed by atoms with E-state index >= 15 is 0 Å². The van der Waals surface area contributed by atoms with Gasteiger partial charge in [0.1, 0.15) is 11.3 Å². The molecular weight excluding hydrogens is 436 g/mol. The molecule has 1 aliphatic heterocycles. The number of H-pyrrole nitrogens is 1. The fourth-order valence-corrected chi connectivity index (χ4v) is 4.24. The molecule has 2 heterocycles. The number of hydrogen-bond donors (Lipinski definition) is 2. The first-order valence-electron chi connectivity index (χ1n) is 10.9. The second-order valence-electron chi connectivity index (χ2n) is 8.27. The number of nitrogens with one attached hydrogen (secondary N) is 1. The summed E-state index contributed by atoms with van der Waals surface area (Å²) in [5, 5.41) is 16.9. The van der Waals surface area contributed by atoms with E-state index in [0.29, 0.717) is 11.4 Å². The molecule has 1 aliphatic rings. The largest absolute Gasteiger partial charge is 0.497 e. The first-order valence-corrected chi connectivity index (χ1v) is 10.9. The molecule has 0 saturated heterocycles. The third-order valence-corrected chi connectivity index (χ3v) is 5.81. The molecule has 2 aromatic carbocycles. The summed E-state index contributed by atoms with van der Waals surface area (Å²) in [6.45, 7) is 5.48. The number of hydrogen-bond acceptors (Lipinski definition) is 6. The van der Waals surface area contributed by atoms with Gasteiger partial charge < -0.3 is 9.84 Å². The van der Waals surface area contributed by atoms with E-state index in [0.717, 1.165) is 21.3 Å². The summed E-state index contributed by atoms with van der Waals surface area (Å²) in [4.78, 5) is 40.4. The maximum absolute atomic E-state index is 12.8. The zero-order valence-electron chi connectivity index (χ0n) is 19.5. The van der Waals surface area contributed by atoms with Crippen LogP contribution in [0.2, 0.25) is 0 Å². The molecule has 1 unspecified atom stereocenters. The molecule has 176 valence electrons. The van der Waals surface area contributed by atoms with Crippen LogP contribution in [0.25, 0.3) is 5.69 Å². The van der Waals surface area contributed by atoms with E-state index in [-0.39, 0.29) is 30.0 Å². The van der Waals surface area contributed by atoms with Gasteiger partial charge in [-0.3, -0.25) is 14.6 Å². The van der Waals surface area contributed by atoms with E-state index in [9.17, 15) is 19.5 Å². The normalized spacial score (nSPS) is 15.4. The molecule has 9 heteroatoms. The maximum atomic E-state index is 12.8. The number of hydrazone groups is 1. The molecule has 1 aromatic heterocycles. The Balaban J connectivity index is 1.84. The molecule has 1 atom stereocenters. The van der Waals surface area contributed by atoms with Crippen molar-refractivity contribution in [3.63, 3.8) is 0 Å². The Morgan fingerprint density at radius 3 is 2.38 bits per heavy atom. The number of amides is 1. The van der Waals surface area contributed by atoms with Crippen molar-refractivity contribution in [2.45, 2.75) is 39.7 Å². The van der Waals surface area contributed by atoms with Crippen LogP contribution in [0.4, 0.5) is 0 Å². The number of aromatic nitrogens is 2. The van der Waals surface area contributed by atoms with Crippen molar-refractivity contribution in [1.82, 2.24) is 14.6 Å². The van der Waals surface area contributed by atoms with Gasteiger partial charge in [0.2, 0.25) is 11.8 Å². The lowest BCUT2D eigenvalue weighted by Gasteiger charge is -2.21. The molecule has 2 N–H and O–H groups in total. The average molecular weight is 463 g/mol. The number of ether oxygens (including phenoxy) is 1. The van der Waals surface area contributed by atoms with E-state index in [1.807, 2.05) is 32.0 Å². The summed E-state index contributed by atoms with van der Waals surface area (Å²) in [6.07, 6.45) is 0.410. The van der Waals surface area contributed by atoms with Crippen LogP contribution in [-0.2, 0) is 4.79 Å². The molecule has 1 amide bonds. The number of benzene rings is 2. The lowest BCUT2D eigenvalue weighted by atomic mass is 9.99. The lowest BCUT2D eigenvalue weighted by molar-refractivity contribution is -0.132. The first-order chi connectivity index (χ1) is 16.2. The average Bonchev–Trinajstić information content (AvgIpc) is 3.22. The topological polar surface area (TPSA) is 117 Å². The van der Waals surface area contributed by atoms with Gasteiger partial charge in [-0.05, 0) is 54.8 Å². The SMILES string of the molecule is CCC(=O)N1N=C(c2c(O)n(-c3cc(C)cc(C)c3)c(=O)[nH]c2=O)CC1c1ccc(OC)cc1. The van der Waals surface area contributed by atoms with Crippen molar-refractivity contribution in [2.24, 2.45) is 5.10 Å². The standard InChI is InChI=1S/C25H26N4O5/c1-5-21(30)29-20(16-6-8-18(34-4)9-7-16)13-19(27-29)22-23(31)26-25(33)28(24(22)32)17-11-14(2)10-15(3)12-17/h6-12,20,32H,5,13H2,1-4H3,(H,26,31,33). The van der Waals surface area contributed by atoms with Gasteiger partial charge in [-0.25, -0.2) is 14.4 Å². The monoisotopic (exact) mass is 462 g/mol. The molecule has 4 rings (SSSR count). The third-order valence-electron chi connectivity index (χ3n) is 5.81. The van der Waals surface area contributed by atoms with Gasteiger partial charge in [-0.2, -0.15) is 5.10 Å². The lowest BCUT2D eigenvalue weighted by Crippen LogP contribution is -2.33. The van der Waals surface area contributed by atoms with Crippen LogP contribution in [0.3, 0.4) is 0 Å². The second kappa shape index (κ2) is 9.01. The van der Waals surface area contributed by atoms with Gasteiger partial charge in [0.05, 0.1) is 24.6 Å². The molecule has 0 spiro atoms. The van der Waals surface area contributed by atoms with E-state index in [2.05, 4.69) is 10.1 Å². The highest BCUT2D eigenvalue weighted by Gasteiger charge is 2.35. The highest BCUT2D eigenvalue weighted by atomic mass is 16.5. The fraction of sp³-hybridized carbons (Fsp3) is 0.280. The Labute approximate surface area is 195 Å². The minimum Gasteiger partial charge on any atom is -0.497 e. The number of carbonyl (C=O) groups is 1. The van der Waals surface area contributed by atoms with E-state index in [1.54, 1.807) is 38.3 Å². The number of nitrogens with zero attached hydrogens (tertiary/aromatic N) is 3. The predicted molar refractivity (Wildman–Crippen MR) is 128 cm³/mol. The number of aromatic hydroxyl groups is 1. The van der Waals surface area contributed by atoms with Gasteiger partial charge in [-0.15, -0.1) is 0 Å². The number of carbonyl (C=O) groups excluding carboxylic acids is 1. The summed E-state index contributed by atoms with van der Waals surface area (Å²) < 4.78 is 6.26. The van der Waals surface area contributed by atoms with Gasteiger partial charge in [0.15, 0.2) is 0 Å². The maximum Gasteiger partial charge on any atom is 0.335 e. The van der Waals surface area contributed by atoms with E-state index < -0.39 is 23.2 Å². The Kier molecular flexibility index (Phi) is 6.10. The summed E-state index contributed by atoms with van der Waals surface area (Å²) >= 11 is 0. The number of rotatable bonds is 5. The van der Waals surface area contributed by atoms with E-state index in [4.69, 9.17) is 4.74 Å². The Morgan fingerprint density at radius 1 is 1.15 bits per heavy atom. The molecule has 0 bridgehead atoms. The van der Waals surface area contributed by atoms with Gasteiger partial charge in [-0.1, -0.05) is 25.1 Å². The second-order valence-corrected chi connectivity index (χ2v) is 8.27. The van der Waals surface area contributed by atoms with Crippen molar-refractivity contribution in [3.05, 3.63) is 85.6 Å². The quantitative estimate of drug-likeness (QED) is 0.605. The number of aromatic amines is 1. The first kappa shape index (κ1) is 23.0. The van der Waals surface area contributed by atoms with Crippen LogP contribution in [0.15, 0.2) is 57.2 Å². The molecule has 9 nitrogen and oxygen atoms in total. The molecule has 3 aromatic rings. The van der Waals surface area contributed by atoms with Crippen LogP contribution in [0.1, 0.15) is 48.1 Å². The van der Waals surface area contributed by atoms with Gasteiger partial charge >= 0.3 is 5.69 Å². The minimum absolute atomic E-state index is 0.135. The fourth-order valence-electron chi connectivity index (χ4n) is 4.24. The van der Waals surface area contributed by atoms with Gasteiger partial charge in [0.25, 0.3) is 5.56 Å². The number of methoxy groups -OCH3 is 1. The van der Waals surface area contributed by atoms with E-state index in [1.165, 1.54) is 5.01 Å². The van der Waals surface area contributed by atoms with Crippen molar-refractivity contribution >= 4 is 11.6 Å². The summed E-state index contributed by atoms with van der Waals surface area (Å²) in [5.41, 5.74) is 1.58. The molecule has 0 fully saturated rings. The third kappa shape index (κ3) is 4.12. The van der Waals surface area contributed by atoms with Crippen molar-refractivity contribution in [2.75, 3.05) is 7.11 Å². The molecule has 0 radical (unpaired) electrons. The Hall–Kier alpha value is -4.14.